The minimum Gasteiger partial charge on any atom is -0.423 e. The average Bonchev–Trinajstić information content (AvgIpc) is 3.10. The van der Waals surface area contributed by atoms with E-state index in [1.165, 1.54) is 18.2 Å². The highest BCUT2D eigenvalue weighted by Gasteiger charge is 2.52. The molecular formula is C24H28FNO3. The van der Waals surface area contributed by atoms with E-state index in [0.29, 0.717) is 30.4 Å². The quantitative estimate of drug-likeness (QED) is 0.606. The average molecular weight is 397 g/mol. The van der Waals surface area contributed by atoms with Crippen LogP contribution >= 0.6 is 0 Å². The Kier molecular flexibility index (Phi) is 5.45. The minimum absolute atomic E-state index is 0.0502. The number of fused-ring (bicyclic) bond motifs is 2. The van der Waals surface area contributed by atoms with Gasteiger partial charge in [0.05, 0.1) is 11.2 Å². The topological polar surface area (TPSA) is 49.8 Å². The van der Waals surface area contributed by atoms with Gasteiger partial charge < -0.3 is 14.7 Å². The maximum Gasteiger partial charge on any atom is 0.343 e. The molecule has 0 aromatic heterocycles. The Hall–Kier alpha value is -2.24. The van der Waals surface area contributed by atoms with Crippen LogP contribution in [0.25, 0.3) is 0 Å². The number of hydrogen-bond acceptors (Lipinski definition) is 4. The van der Waals surface area contributed by atoms with Crippen LogP contribution in [0.2, 0.25) is 0 Å². The standard InChI is InChI=1S/C24H28FNO3/c1-26(2)15-21-18-9-8-16(12-18)14-24(21,28)20-13-19(10-11-22(20)25)29-23(27)17-6-4-3-5-7-17/h3-7,10-11,13,16,18,21,28H,8-9,12,14-15H2,1-2H3. The number of nitrogens with zero attached hydrogens (tertiary/aromatic N) is 1. The second-order valence-electron chi connectivity index (χ2n) is 8.83. The molecule has 2 aliphatic carbocycles. The molecule has 2 aromatic carbocycles. The van der Waals surface area contributed by atoms with E-state index in [4.69, 9.17) is 4.74 Å². The van der Waals surface area contributed by atoms with E-state index in [2.05, 4.69) is 4.90 Å². The van der Waals surface area contributed by atoms with Crippen molar-refractivity contribution in [1.29, 1.82) is 0 Å². The van der Waals surface area contributed by atoms with Crippen molar-refractivity contribution in [2.75, 3.05) is 20.6 Å². The lowest BCUT2D eigenvalue weighted by atomic mass is 9.65. The number of rotatable bonds is 5. The lowest BCUT2D eigenvalue weighted by Crippen LogP contribution is -2.48. The van der Waals surface area contributed by atoms with Crippen LogP contribution in [0, 0.1) is 23.6 Å². The Bertz CT molecular complexity index is 885. The molecule has 154 valence electrons. The summed E-state index contributed by atoms with van der Waals surface area (Å²) in [5, 5.41) is 11.8. The van der Waals surface area contributed by atoms with E-state index >= 15 is 0 Å². The molecule has 0 aliphatic heterocycles. The Morgan fingerprint density at radius 2 is 1.97 bits per heavy atom. The summed E-state index contributed by atoms with van der Waals surface area (Å²) in [5.74, 6) is 0.0613. The molecule has 4 rings (SSSR count). The molecule has 4 unspecified atom stereocenters. The van der Waals surface area contributed by atoms with E-state index in [0.717, 1.165) is 19.3 Å². The molecule has 29 heavy (non-hydrogen) atoms. The van der Waals surface area contributed by atoms with Crippen LogP contribution in [0.3, 0.4) is 0 Å². The van der Waals surface area contributed by atoms with Crippen molar-refractivity contribution >= 4 is 5.97 Å². The second kappa shape index (κ2) is 7.88. The van der Waals surface area contributed by atoms with Gasteiger partial charge in [-0.1, -0.05) is 24.6 Å². The fourth-order valence-corrected chi connectivity index (χ4v) is 5.29. The Morgan fingerprint density at radius 1 is 1.21 bits per heavy atom. The molecule has 4 nitrogen and oxygen atoms in total. The van der Waals surface area contributed by atoms with Gasteiger partial charge in [0.2, 0.25) is 0 Å². The number of ether oxygens (including phenoxy) is 1. The summed E-state index contributed by atoms with van der Waals surface area (Å²) in [6, 6.07) is 13.0. The lowest BCUT2D eigenvalue weighted by Gasteiger charge is -2.45. The van der Waals surface area contributed by atoms with Crippen LogP contribution in [0.1, 0.15) is 41.6 Å². The van der Waals surface area contributed by atoms with Crippen LogP contribution in [-0.4, -0.2) is 36.6 Å². The van der Waals surface area contributed by atoms with Gasteiger partial charge in [-0.2, -0.15) is 0 Å². The highest BCUT2D eigenvalue weighted by atomic mass is 19.1. The van der Waals surface area contributed by atoms with Gasteiger partial charge in [-0.3, -0.25) is 0 Å². The highest BCUT2D eigenvalue weighted by molar-refractivity contribution is 5.90. The molecule has 0 saturated heterocycles. The van der Waals surface area contributed by atoms with E-state index in [-0.39, 0.29) is 17.2 Å². The summed E-state index contributed by atoms with van der Waals surface area (Å²) < 4.78 is 20.4. The number of carbonyl (C=O) groups excluding carboxylic acids is 1. The lowest BCUT2D eigenvalue weighted by molar-refractivity contribution is -0.0913. The third-order valence-electron chi connectivity index (χ3n) is 6.55. The number of benzene rings is 2. The van der Waals surface area contributed by atoms with Crippen LogP contribution in [-0.2, 0) is 5.60 Å². The molecule has 2 fully saturated rings. The summed E-state index contributed by atoms with van der Waals surface area (Å²) >= 11 is 0. The second-order valence-corrected chi connectivity index (χ2v) is 8.83. The zero-order chi connectivity index (χ0) is 20.6. The predicted molar refractivity (Wildman–Crippen MR) is 109 cm³/mol. The van der Waals surface area contributed by atoms with Crippen molar-refractivity contribution in [3.05, 3.63) is 65.5 Å². The van der Waals surface area contributed by atoms with Crippen molar-refractivity contribution in [3.63, 3.8) is 0 Å². The van der Waals surface area contributed by atoms with E-state index in [9.17, 15) is 14.3 Å². The van der Waals surface area contributed by atoms with Gasteiger partial charge >= 0.3 is 5.97 Å². The Balaban J connectivity index is 1.66. The highest BCUT2D eigenvalue weighted by Crippen LogP contribution is 2.54. The van der Waals surface area contributed by atoms with Gasteiger partial charge in [0.1, 0.15) is 11.6 Å². The molecule has 2 aliphatic rings. The molecule has 0 radical (unpaired) electrons. The molecule has 4 atom stereocenters. The molecular weight excluding hydrogens is 369 g/mol. The summed E-state index contributed by atoms with van der Waals surface area (Å²) in [6.07, 6.45) is 3.82. The normalized spacial score (nSPS) is 28.5. The Labute approximate surface area is 171 Å². The third kappa shape index (κ3) is 3.94. The van der Waals surface area contributed by atoms with Crippen molar-refractivity contribution in [1.82, 2.24) is 4.90 Å². The van der Waals surface area contributed by atoms with Crippen molar-refractivity contribution in [2.24, 2.45) is 17.8 Å². The largest absolute Gasteiger partial charge is 0.423 e. The zero-order valence-corrected chi connectivity index (χ0v) is 17.0. The first-order chi connectivity index (χ1) is 13.9. The van der Waals surface area contributed by atoms with Gasteiger partial charge in [-0.05, 0) is 75.5 Å². The maximum absolute atomic E-state index is 14.9. The van der Waals surface area contributed by atoms with E-state index in [1.807, 2.05) is 20.2 Å². The fourth-order valence-electron chi connectivity index (χ4n) is 5.29. The van der Waals surface area contributed by atoms with E-state index in [1.54, 1.807) is 24.3 Å². The van der Waals surface area contributed by atoms with Crippen LogP contribution < -0.4 is 4.74 Å². The molecule has 0 spiro atoms. The van der Waals surface area contributed by atoms with E-state index < -0.39 is 17.4 Å². The monoisotopic (exact) mass is 397 g/mol. The summed E-state index contributed by atoms with van der Waals surface area (Å²) in [7, 11) is 3.96. The number of halogens is 1. The summed E-state index contributed by atoms with van der Waals surface area (Å²) in [5.41, 5.74) is -0.578. The maximum atomic E-state index is 14.9. The smallest absolute Gasteiger partial charge is 0.343 e. The fraction of sp³-hybridized carbons (Fsp3) is 0.458. The SMILES string of the molecule is CN(C)CC1C2CCC(C2)CC1(O)c1cc(OC(=O)c2ccccc2)ccc1F. The van der Waals surface area contributed by atoms with Gasteiger partial charge in [0, 0.05) is 18.0 Å². The molecule has 0 heterocycles. The zero-order valence-electron chi connectivity index (χ0n) is 17.0. The van der Waals surface area contributed by atoms with Crippen molar-refractivity contribution < 1.29 is 19.0 Å². The van der Waals surface area contributed by atoms with Gasteiger partial charge in [-0.25, -0.2) is 9.18 Å². The molecule has 2 bridgehead atoms. The molecule has 0 amide bonds. The van der Waals surface area contributed by atoms with Crippen molar-refractivity contribution in [3.8, 4) is 5.75 Å². The number of esters is 1. The molecule has 5 heteroatoms. The molecule has 2 saturated carbocycles. The van der Waals surface area contributed by atoms with Crippen LogP contribution in [0.5, 0.6) is 5.75 Å². The first kappa shape index (κ1) is 20.0. The van der Waals surface area contributed by atoms with Crippen LogP contribution in [0.15, 0.2) is 48.5 Å². The molecule has 1 N–H and O–H groups in total. The van der Waals surface area contributed by atoms with Gasteiger partial charge in [0.15, 0.2) is 0 Å². The minimum atomic E-state index is -1.26. The first-order valence-corrected chi connectivity index (χ1v) is 10.3. The van der Waals surface area contributed by atoms with Gasteiger partial charge in [0.25, 0.3) is 0 Å². The Morgan fingerprint density at radius 3 is 2.69 bits per heavy atom. The van der Waals surface area contributed by atoms with Gasteiger partial charge in [-0.15, -0.1) is 0 Å². The number of hydrogen-bond donors (Lipinski definition) is 1. The first-order valence-electron chi connectivity index (χ1n) is 10.3. The third-order valence-corrected chi connectivity index (χ3v) is 6.55. The molecule has 2 aromatic rings. The predicted octanol–water partition coefficient (Wildman–Crippen LogP) is 4.23. The number of carbonyl (C=O) groups is 1. The van der Waals surface area contributed by atoms with Crippen molar-refractivity contribution in [2.45, 2.75) is 31.3 Å². The summed E-state index contributed by atoms with van der Waals surface area (Å²) in [6.45, 7) is 0.696. The summed E-state index contributed by atoms with van der Waals surface area (Å²) in [4.78, 5) is 14.5. The number of aliphatic hydroxyl groups is 1. The van der Waals surface area contributed by atoms with Crippen LogP contribution in [0.4, 0.5) is 4.39 Å².